The highest BCUT2D eigenvalue weighted by molar-refractivity contribution is 7.22. The van der Waals surface area contributed by atoms with Gasteiger partial charge >= 0.3 is 0 Å². The molecule has 1 aliphatic rings. The second-order valence-electron chi connectivity index (χ2n) is 7.20. The first kappa shape index (κ1) is 18.5. The number of carbonyl (C=O) groups excluding carboxylic acids is 1. The van der Waals surface area contributed by atoms with E-state index in [4.69, 9.17) is 0 Å². The van der Waals surface area contributed by atoms with Gasteiger partial charge in [0.25, 0.3) is 0 Å². The van der Waals surface area contributed by atoms with E-state index in [-0.39, 0.29) is 5.91 Å². The third-order valence-corrected chi connectivity index (χ3v) is 6.14. The van der Waals surface area contributed by atoms with Gasteiger partial charge in [0.05, 0.1) is 16.8 Å². The molecule has 8 heteroatoms. The standard InChI is InChI=1S/C22H20N6OS/c1-27-10-11-28(14-21(27)29)17-6-9-24-20(13-17)26-22-25-18-3-2-16(12-19(18)30-22)15-4-7-23-8-5-15/h2-9,12-13H,10-11,14H2,1H3,(H,24,25,26). The molecule has 5 rings (SSSR count). The Morgan fingerprint density at radius 2 is 1.87 bits per heavy atom. The molecule has 4 aromatic rings. The highest BCUT2D eigenvalue weighted by atomic mass is 32.1. The van der Waals surface area contributed by atoms with Crippen LogP contribution in [0.5, 0.6) is 0 Å². The van der Waals surface area contributed by atoms with Crippen LogP contribution in [0.3, 0.4) is 0 Å². The van der Waals surface area contributed by atoms with Gasteiger partial charge < -0.3 is 15.1 Å². The fraction of sp³-hybridized carbons (Fsp3) is 0.182. The number of benzene rings is 1. The Morgan fingerprint density at radius 3 is 2.70 bits per heavy atom. The van der Waals surface area contributed by atoms with Gasteiger partial charge in [-0.05, 0) is 41.5 Å². The highest BCUT2D eigenvalue weighted by Gasteiger charge is 2.21. The number of piperazine rings is 1. The number of hydrogen-bond acceptors (Lipinski definition) is 7. The summed E-state index contributed by atoms with van der Waals surface area (Å²) in [7, 11) is 1.84. The van der Waals surface area contributed by atoms with E-state index in [1.807, 2.05) is 37.4 Å². The lowest BCUT2D eigenvalue weighted by molar-refractivity contribution is -0.129. The van der Waals surface area contributed by atoms with Crippen LogP contribution in [-0.4, -0.2) is 52.4 Å². The number of fused-ring (bicyclic) bond motifs is 1. The highest BCUT2D eigenvalue weighted by Crippen LogP contribution is 2.32. The predicted molar refractivity (Wildman–Crippen MR) is 120 cm³/mol. The van der Waals surface area contributed by atoms with Crippen molar-refractivity contribution in [3.63, 3.8) is 0 Å². The Kier molecular flexibility index (Phi) is 4.76. The van der Waals surface area contributed by atoms with Gasteiger partial charge in [-0.2, -0.15) is 0 Å². The fourth-order valence-electron chi connectivity index (χ4n) is 3.47. The van der Waals surface area contributed by atoms with Crippen molar-refractivity contribution in [1.29, 1.82) is 0 Å². The van der Waals surface area contributed by atoms with Crippen LogP contribution in [0.15, 0.2) is 61.1 Å². The molecule has 1 fully saturated rings. The van der Waals surface area contributed by atoms with Crippen LogP contribution in [0.25, 0.3) is 21.3 Å². The fourth-order valence-corrected chi connectivity index (χ4v) is 4.39. The van der Waals surface area contributed by atoms with E-state index >= 15 is 0 Å². The molecule has 0 atom stereocenters. The molecule has 0 radical (unpaired) electrons. The Morgan fingerprint density at radius 1 is 1.00 bits per heavy atom. The second-order valence-corrected chi connectivity index (χ2v) is 8.23. The number of hydrogen-bond donors (Lipinski definition) is 1. The van der Waals surface area contributed by atoms with E-state index in [2.05, 4.69) is 37.3 Å². The summed E-state index contributed by atoms with van der Waals surface area (Å²) in [6, 6.07) is 14.2. The Hall–Kier alpha value is -3.52. The summed E-state index contributed by atoms with van der Waals surface area (Å²) in [5.74, 6) is 0.844. The molecule has 4 heterocycles. The first-order chi connectivity index (χ1) is 14.7. The van der Waals surface area contributed by atoms with Crippen molar-refractivity contribution in [2.45, 2.75) is 0 Å². The lowest BCUT2D eigenvalue weighted by Gasteiger charge is -2.33. The van der Waals surface area contributed by atoms with Crippen molar-refractivity contribution >= 4 is 44.1 Å². The van der Waals surface area contributed by atoms with E-state index in [1.165, 1.54) is 0 Å². The van der Waals surface area contributed by atoms with E-state index in [9.17, 15) is 4.79 Å². The number of nitrogens with zero attached hydrogens (tertiary/aromatic N) is 5. The number of anilines is 3. The monoisotopic (exact) mass is 416 g/mol. The van der Waals surface area contributed by atoms with Gasteiger partial charge in [-0.1, -0.05) is 17.4 Å². The SMILES string of the molecule is CN1CCN(c2ccnc(Nc3nc4ccc(-c5ccncc5)cc4s3)c2)CC1=O. The molecular weight excluding hydrogens is 396 g/mol. The van der Waals surface area contributed by atoms with E-state index < -0.39 is 0 Å². The number of amides is 1. The third kappa shape index (κ3) is 3.69. The molecule has 0 saturated carbocycles. The minimum absolute atomic E-state index is 0.128. The molecule has 1 N–H and O–H groups in total. The predicted octanol–water partition coefficient (Wildman–Crippen LogP) is 3.78. The van der Waals surface area contributed by atoms with Gasteiger partial charge in [-0.3, -0.25) is 9.78 Å². The zero-order valence-corrected chi connectivity index (χ0v) is 17.3. The number of nitrogens with one attached hydrogen (secondary N) is 1. The molecular formula is C22H20N6OS. The number of rotatable bonds is 4. The number of aromatic nitrogens is 3. The summed E-state index contributed by atoms with van der Waals surface area (Å²) in [5.41, 5.74) is 4.20. The molecule has 150 valence electrons. The van der Waals surface area contributed by atoms with Crippen molar-refractivity contribution in [3.8, 4) is 11.1 Å². The van der Waals surface area contributed by atoms with Gasteiger partial charge in [-0.25, -0.2) is 9.97 Å². The molecule has 0 bridgehead atoms. The average Bonchev–Trinajstić information content (AvgIpc) is 3.18. The minimum Gasteiger partial charge on any atom is -0.360 e. The van der Waals surface area contributed by atoms with Crippen molar-refractivity contribution in [2.75, 3.05) is 36.9 Å². The molecule has 1 aliphatic heterocycles. The van der Waals surface area contributed by atoms with Crippen molar-refractivity contribution in [2.24, 2.45) is 0 Å². The summed E-state index contributed by atoms with van der Waals surface area (Å²) in [5, 5.41) is 4.10. The lowest BCUT2D eigenvalue weighted by atomic mass is 10.1. The van der Waals surface area contributed by atoms with Crippen molar-refractivity contribution < 1.29 is 4.79 Å². The molecule has 1 saturated heterocycles. The van der Waals surface area contributed by atoms with Gasteiger partial charge in [0, 0.05) is 50.5 Å². The van der Waals surface area contributed by atoms with Crippen LogP contribution < -0.4 is 10.2 Å². The largest absolute Gasteiger partial charge is 0.360 e. The number of thiazole rings is 1. The van der Waals surface area contributed by atoms with E-state index in [0.717, 1.165) is 45.3 Å². The Bertz CT molecular complexity index is 1210. The molecule has 30 heavy (non-hydrogen) atoms. The molecule has 0 unspecified atom stereocenters. The smallest absolute Gasteiger partial charge is 0.241 e. The Labute approximate surface area is 178 Å². The van der Waals surface area contributed by atoms with E-state index in [0.29, 0.717) is 12.4 Å². The topological polar surface area (TPSA) is 74.2 Å². The Balaban J connectivity index is 1.37. The summed E-state index contributed by atoms with van der Waals surface area (Å²) in [6.07, 6.45) is 5.35. The minimum atomic E-state index is 0.128. The summed E-state index contributed by atoms with van der Waals surface area (Å²) in [4.78, 5) is 29.1. The maximum Gasteiger partial charge on any atom is 0.241 e. The van der Waals surface area contributed by atoms with Crippen LogP contribution in [0.4, 0.5) is 16.6 Å². The van der Waals surface area contributed by atoms with Crippen molar-refractivity contribution in [3.05, 3.63) is 61.1 Å². The maximum absolute atomic E-state index is 12.0. The maximum atomic E-state index is 12.0. The van der Waals surface area contributed by atoms with E-state index in [1.54, 1.807) is 34.8 Å². The normalized spacial score (nSPS) is 14.4. The van der Waals surface area contributed by atoms with Crippen LogP contribution in [0.2, 0.25) is 0 Å². The lowest BCUT2D eigenvalue weighted by Crippen LogP contribution is -2.48. The van der Waals surface area contributed by atoms with Crippen molar-refractivity contribution in [1.82, 2.24) is 19.9 Å². The quantitative estimate of drug-likeness (QED) is 0.546. The second kappa shape index (κ2) is 7.72. The number of likely N-dealkylation sites (N-methyl/N-ethyl adjacent to an activating group) is 1. The zero-order valence-electron chi connectivity index (χ0n) is 16.4. The zero-order chi connectivity index (χ0) is 20.5. The molecule has 3 aromatic heterocycles. The number of pyridine rings is 2. The third-order valence-electron chi connectivity index (χ3n) is 5.20. The van der Waals surface area contributed by atoms with Crippen LogP contribution in [0.1, 0.15) is 0 Å². The van der Waals surface area contributed by atoms with Crippen LogP contribution in [-0.2, 0) is 4.79 Å². The molecule has 7 nitrogen and oxygen atoms in total. The first-order valence-corrected chi connectivity index (χ1v) is 10.5. The molecule has 1 amide bonds. The first-order valence-electron chi connectivity index (χ1n) is 9.69. The molecule has 0 spiro atoms. The van der Waals surface area contributed by atoms with Crippen LogP contribution in [0, 0.1) is 0 Å². The average molecular weight is 417 g/mol. The summed E-state index contributed by atoms with van der Waals surface area (Å²) in [6.45, 7) is 1.92. The van der Waals surface area contributed by atoms with Gasteiger partial charge in [0.2, 0.25) is 5.91 Å². The summed E-state index contributed by atoms with van der Waals surface area (Å²) < 4.78 is 1.10. The number of carbonyl (C=O) groups is 1. The molecule has 1 aromatic carbocycles. The van der Waals surface area contributed by atoms with Crippen LogP contribution >= 0.6 is 11.3 Å². The molecule has 0 aliphatic carbocycles. The summed E-state index contributed by atoms with van der Waals surface area (Å²) >= 11 is 1.59. The van der Waals surface area contributed by atoms with Gasteiger partial charge in [-0.15, -0.1) is 0 Å². The van der Waals surface area contributed by atoms with Gasteiger partial charge in [0.15, 0.2) is 5.13 Å². The van der Waals surface area contributed by atoms with Gasteiger partial charge in [0.1, 0.15) is 5.82 Å².